The van der Waals surface area contributed by atoms with Gasteiger partial charge in [0, 0.05) is 29.3 Å². The van der Waals surface area contributed by atoms with Crippen molar-refractivity contribution in [2.24, 2.45) is 0 Å². The van der Waals surface area contributed by atoms with E-state index in [0.29, 0.717) is 33.8 Å². The van der Waals surface area contributed by atoms with Crippen molar-refractivity contribution < 1.29 is 17.4 Å². The topological polar surface area (TPSA) is 130 Å². The Hall–Kier alpha value is -3.34. The number of rotatable bonds is 4. The van der Waals surface area contributed by atoms with Gasteiger partial charge >= 0.3 is 0 Å². The molecule has 0 bridgehead atoms. The van der Waals surface area contributed by atoms with Gasteiger partial charge in [-0.3, -0.25) is 4.68 Å². The normalized spacial score (nSPS) is 12.0. The van der Waals surface area contributed by atoms with Gasteiger partial charge in [0.2, 0.25) is 5.65 Å². The van der Waals surface area contributed by atoms with Crippen molar-refractivity contribution in [3.05, 3.63) is 47.5 Å². The Morgan fingerprint density at radius 3 is 2.75 bits per heavy atom. The van der Waals surface area contributed by atoms with Crippen molar-refractivity contribution in [3.8, 4) is 11.3 Å². The summed E-state index contributed by atoms with van der Waals surface area (Å²) in [5, 5.41) is 11.8. The molecule has 0 aliphatic carbocycles. The van der Waals surface area contributed by atoms with Crippen molar-refractivity contribution >= 4 is 26.7 Å². The van der Waals surface area contributed by atoms with Crippen LogP contribution >= 0.6 is 0 Å². The number of fused-ring (bicyclic) bond motifs is 1. The number of aryl methyl sites for hydroxylation is 1. The van der Waals surface area contributed by atoms with Crippen LogP contribution in [0, 0.1) is 12.7 Å². The van der Waals surface area contributed by atoms with E-state index >= 15 is 0 Å². The Bertz CT molecular complexity index is 1310. The molecule has 144 valence electrons. The Morgan fingerprint density at radius 1 is 1.25 bits per heavy atom. The van der Waals surface area contributed by atoms with Gasteiger partial charge in [-0.15, -0.1) is 0 Å². The zero-order chi connectivity index (χ0) is 20.1. The lowest BCUT2D eigenvalue weighted by atomic mass is 10.1. The quantitative estimate of drug-likeness (QED) is 0.548. The Labute approximate surface area is 158 Å². The molecule has 28 heavy (non-hydrogen) atoms. The van der Waals surface area contributed by atoms with E-state index in [1.54, 1.807) is 23.9 Å². The van der Waals surface area contributed by atoms with Crippen LogP contribution in [0.25, 0.3) is 22.4 Å². The standard InChI is InChI=1S/C17H15FN6O3S/c1-9-12(15(19)16-17(20-9)23-27-22-16)8-24-6-5-14(21-24)11-4-3-10(7-13(11)18)28(2,25)26/h3-7H,8,19H2,1-2H3. The molecule has 0 radical (unpaired) electrons. The summed E-state index contributed by atoms with van der Waals surface area (Å²) in [6, 6.07) is 5.37. The summed E-state index contributed by atoms with van der Waals surface area (Å²) >= 11 is 0. The second kappa shape index (κ2) is 6.37. The van der Waals surface area contributed by atoms with Crippen LogP contribution in [-0.4, -0.2) is 39.8 Å². The van der Waals surface area contributed by atoms with E-state index in [-0.39, 0.29) is 17.0 Å². The summed E-state index contributed by atoms with van der Waals surface area (Å²) in [5.74, 6) is -0.666. The molecule has 2 N–H and O–H groups in total. The van der Waals surface area contributed by atoms with Gasteiger partial charge in [0.1, 0.15) is 5.82 Å². The fraction of sp³-hybridized carbons (Fsp3) is 0.176. The first-order chi connectivity index (χ1) is 13.2. The first-order valence-electron chi connectivity index (χ1n) is 8.14. The first kappa shape index (κ1) is 18.0. The second-order valence-electron chi connectivity index (χ2n) is 6.34. The number of nitrogens with zero attached hydrogens (tertiary/aromatic N) is 5. The van der Waals surface area contributed by atoms with Crippen molar-refractivity contribution in [1.29, 1.82) is 0 Å². The number of benzene rings is 1. The van der Waals surface area contributed by atoms with Gasteiger partial charge in [-0.05, 0) is 41.5 Å². The maximum Gasteiger partial charge on any atom is 0.226 e. The molecule has 0 fully saturated rings. The molecule has 0 saturated heterocycles. The number of pyridine rings is 1. The maximum atomic E-state index is 14.4. The molecule has 3 aromatic heterocycles. The molecule has 4 aromatic rings. The van der Waals surface area contributed by atoms with Crippen molar-refractivity contribution in [1.82, 2.24) is 25.1 Å². The van der Waals surface area contributed by atoms with Crippen LogP contribution < -0.4 is 5.73 Å². The van der Waals surface area contributed by atoms with Gasteiger partial charge in [0.05, 0.1) is 22.8 Å². The maximum absolute atomic E-state index is 14.4. The number of aromatic nitrogens is 5. The van der Waals surface area contributed by atoms with Crippen LogP contribution in [0.5, 0.6) is 0 Å². The predicted molar refractivity (Wildman–Crippen MR) is 98.6 cm³/mol. The van der Waals surface area contributed by atoms with Gasteiger partial charge < -0.3 is 5.73 Å². The highest BCUT2D eigenvalue weighted by Gasteiger charge is 2.17. The first-order valence-corrected chi connectivity index (χ1v) is 10.0. The predicted octanol–water partition coefficient (Wildman–Crippen LogP) is 1.96. The van der Waals surface area contributed by atoms with Gasteiger partial charge in [0.15, 0.2) is 15.4 Å². The molecule has 0 atom stereocenters. The van der Waals surface area contributed by atoms with Crippen LogP contribution in [0.4, 0.5) is 10.1 Å². The highest BCUT2D eigenvalue weighted by molar-refractivity contribution is 7.90. The fourth-order valence-electron chi connectivity index (χ4n) is 2.88. The Kier molecular flexibility index (Phi) is 4.11. The zero-order valence-electron chi connectivity index (χ0n) is 14.9. The SMILES string of the molecule is Cc1nc2nonc2c(N)c1Cn1ccc(-c2ccc(S(C)(=O)=O)cc2F)n1. The highest BCUT2D eigenvalue weighted by Crippen LogP contribution is 2.26. The van der Waals surface area contributed by atoms with Gasteiger partial charge in [-0.1, -0.05) is 0 Å². The number of hydrogen-bond donors (Lipinski definition) is 1. The molecule has 1 aromatic carbocycles. The molecule has 0 unspecified atom stereocenters. The van der Waals surface area contributed by atoms with Gasteiger partial charge in [-0.2, -0.15) is 5.10 Å². The molecule has 9 nitrogen and oxygen atoms in total. The lowest BCUT2D eigenvalue weighted by molar-refractivity contribution is 0.315. The van der Waals surface area contributed by atoms with Crippen LogP contribution in [0.15, 0.2) is 40.0 Å². The summed E-state index contributed by atoms with van der Waals surface area (Å²) in [6.07, 6.45) is 2.70. The molecular weight excluding hydrogens is 387 g/mol. The summed E-state index contributed by atoms with van der Waals surface area (Å²) in [6.45, 7) is 2.07. The smallest absolute Gasteiger partial charge is 0.226 e. The average Bonchev–Trinajstić information content (AvgIpc) is 3.27. The lowest BCUT2D eigenvalue weighted by Gasteiger charge is -2.09. The summed E-state index contributed by atoms with van der Waals surface area (Å²) in [5.41, 5.74) is 9.16. The van der Waals surface area contributed by atoms with Crippen molar-refractivity contribution in [2.75, 3.05) is 12.0 Å². The number of sulfone groups is 1. The van der Waals surface area contributed by atoms with Crippen molar-refractivity contribution in [2.45, 2.75) is 18.4 Å². The summed E-state index contributed by atoms with van der Waals surface area (Å²) in [7, 11) is -3.49. The van der Waals surface area contributed by atoms with Crippen LogP contribution in [-0.2, 0) is 16.4 Å². The number of nitrogens with two attached hydrogens (primary N) is 1. The molecule has 0 aliphatic rings. The molecule has 3 heterocycles. The number of hydrogen-bond acceptors (Lipinski definition) is 8. The monoisotopic (exact) mass is 402 g/mol. The molecule has 4 rings (SSSR count). The molecule has 0 amide bonds. The molecule has 0 aliphatic heterocycles. The average molecular weight is 402 g/mol. The minimum atomic E-state index is -3.49. The minimum Gasteiger partial charge on any atom is -0.396 e. The second-order valence-corrected chi connectivity index (χ2v) is 8.35. The van der Waals surface area contributed by atoms with E-state index in [0.717, 1.165) is 12.3 Å². The van der Waals surface area contributed by atoms with Gasteiger partial charge in [-0.25, -0.2) is 22.4 Å². The van der Waals surface area contributed by atoms with Crippen LogP contribution in [0.2, 0.25) is 0 Å². The van der Waals surface area contributed by atoms with Crippen molar-refractivity contribution in [3.63, 3.8) is 0 Å². The van der Waals surface area contributed by atoms with E-state index in [9.17, 15) is 12.8 Å². The van der Waals surface area contributed by atoms with Gasteiger partial charge in [0.25, 0.3) is 0 Å². The lowest BCUT2D eigenvalue weighted by Crippen LogP contribution is -2.08. The van der Waals surface area contributed by atoms with E-state index in [4.69, 9.17) is 5.73 Å². The fourth-order valence-corrected chi connectivity index (χ4v) is 3.51. The van der Waals surface area contributed by atoms with E-state index < -0.39 is 15.7 Å². The third-order valence-corrected chi connectivity index (χ3v) is 5.48. The highest BCUT2D eigenvalue weighted by atomic mass is 32.2. The number of nitrogen functional groups attached to an aromatic ring is 1. The third-order valence-electron chi connectivity index (χ3n) is 4.37. The van der Waals surface area contributed by atoms with E-state index in [1.165, 1.54) is 12.1 Å². The van der Waals surface area contributed by atoms with Crippen LogP contribution in [0.3, 0.4) is 0 Å². The minimum absolute atomic E-state index is 0.0859. The zero-order valence-corrected chi connectivity index (χ0v) is 15.7. The van der Waals surface area contributed by atoms with E-state index in [1.807, 2.05) is 0 Å². The summed E-state index contributed by atoms with van der Waals surface area (Å²) < 4.78 is 43.8. The molecule has 11 heteroatoms. The molecular formula is C17H15FN6O3S. The largest absolute Gasteiger partial charge is 0.396 e. The number of anilines is 1. The van der Waals surface area contributed by atoms with E-state index in [2.05, 4.69) is 25.0 Å². The number of halogens is 1. The summed E-state index contributed by atoms with van der Waals surface area (Å²) in [4.78, 5) is 4.21. The Balaban J connectivity index is 1.68. The molecule has 0 spiro atoms. The molecule has 0 saturated carbocycles. The Morgan fingerprint density at radius 2 is 2.04 bits per heavy atom. The third kappa shape index (κ3) is 3.09. The van der Waals surface area contributed by atoms with Crippen LogP contribution in [0.1, 0.15) is 11.3 Å².